The van der Waals surface area contributed by atoms with Crippen molar-refractivity contribution in [1.29, 1.82) is 0 Å². The number of anilines is 1. The number of methoxy groups -OCH3 is 1. The number of sulfonamides is 1. The van der Waals surface area contributed by atoms with Gasteiger partial charge in [0.25, 0.3) is 0 Å². The molecule has 0 radical (unpaired) electrons. The average molecular weight is 279 g/mol. The molecule has 0 aliphatic carbocycles. The van der Waals surface area contributed by atoms with E-state index in [1.807, 2.05) is 4.72 Å². The van der Waals surface area contributed by atoms with Crippen LogP contribution in [0, 0.1) is 0 Å². The van der Waals surface area contributed by atoms with Crippen molar-refractivity contribution in [2.45, 2.75) is 4.90 Å². The van der Waals surface area contributed by atoms with E-state index in [-0.39, 0.29) is 15.6 Å². The number of benzene rings is 1. The zero-order valence-corrected chi connectivity index (χ0v) is 10.5. The van der Waals surface area contributed by atoms with Gasteiger partial charge in [0.05, 0.1) is 17.8 Å². The van der Waals surface area contributed by atoms with E-state index in [1.165, 1.54) is 18.2 Å². The zero-order valence-electron chi connectivity index (χ0n) is 8.94. The Bertz CT molecular complexity index is 510. The molecule has 0 aliphatic heterocycles. The van der Waals surface area contributed by atoms with Crippen LogP contribution in [0.2, 0.25) is 5.02 Å². The molecule has 1 rings (SSSR count). The number of carbonyl (C=O) groups is 1. The minimum atomic E-state index is -3.93. The number of halogens is 1. The van der Waals surface area contributed by atoms with E-state index in [1.54, 1.807) is 0 Å². The van der Waals surface area contributed by atoms with E-state index in [0.29, 0.717) is 0 Å². The Kier molecular flexibility index (Phi) is 4.33. The van der Waals surface area contributed by atoms with Gasteiger partial charge in [-0.15, -0.1) is 0 Å². The second-order valence-electron chi connectivity index (χ2n) is 3.06. The maximum absolute atomic E-state index is 11.8. The topological polar surface area (TPSA) is 98.5 Å². The predicted molar refractivity (Wildman–Crippen MR) is 63.1 cm³/mol. The number of nitrogens with one attached hydrogen (secondary N) is 1. The number of nitrogen functional groups attached to an aromatic ring is 1. The van der Waals surface area contributed by atoms with Gasteiger partial charge in [0.15, 0.2) is 0 Å². The Hall–Kier alpha value is -1.31. The summed E-state index contributed by atoms with van der Waals surface area (Å²) in [4.78, 5) is 10.6. The van der Waals surface area contributed by atoms with Crippen LogP contribution in [-0.2, 0) is 19.6 Å². The average Bonchev–Trinajstić information content (AvgIpc) is 2.25. The fourth-order valence-corrected chi connectivity index (χ4v) is 2.75. The molecule has 17 heavy (non-hydrogen) atoms. The van der Waals surface area contributed by atoms with E-state index >= 15 is 0 Å². The van der Waals surface area contributed by atoms with Gasteiger partial charge < -0.3 is 10.5 Å². The molecule has 0 heterocycles. The smallest absolute Gasteiger partial charge is 0.320 e. The lowest BCUT2D eigenvalue weighted by molar-refractivity contribution is -0.139. The van der Waals surface area contributed by atoms with Gasteiger partial charge in [-0.1, -0.05) is 17.7 Å². The molecule has 0 atom stereocenters. The second-order valence-corrected chi connectivity index (χ2v) is 5.17. The van der Waals surface area contributed by atoms with Crippen LogP contribution in [0.4, 0.5) is 5.69 Å². The van der Waals surface area contributed by atoms with Crippen LogP contribution in [-0.4, -0.2) is 28.0 Å². The van der Waals surface area contributed by atoms with E-state index in [2.05, 4.69) is 4.74 Å². The highest BCUT2D eigenvalue weighted by atomic mass is 35.5. The largest absolute Gasteiger partial charge is 0.468 e. The fourth-order valence-electron chi connectivity index (χ4n) is 1.11. The van der Waals surface area contributed by atoms with Crippen molar-refractivity contribution >= 4 is 33.3 Å². The van der Waals surface area contributed by atoms with Crippen molar-refractivity contribution in [3.8, 4) is 0 Å². The van der Waals surface area contributed by atoms with E-state index in [9.17, 15) is 13.2 Å². The lowest BCUT2D eigenvalue weighted by Crippen LogP contribution is -2.30. The summed E-state index contributed by atoms with van der Waals surface area (Å²) < 4.78 is 30.0. The third kappa shape index (κ3) is 3.32. The summed E-state index contributed by atoms with van der Waals surface area (Å²) in [7, 11) is -2.78. The number of nitrogens with two attached hydrogens (primary N) is 1. The minimum Gasteiger partial charge on any atom is -0.468 e. The lowest BCUT2D eigenvalue weighted by Gasteiger charge is -2.09. The SMILES string of the molecule is COC(=O)CNS(=O)(=O)c1c(N)cccc1Cl. The molecule has 94 valence electrons. The first-order chi connectivity index (χ1) is 7.88. The van der Waals surface area contributed by atoms with Crippen molar-refractivity contribution in [2.24, 2.45) is 0 Å². The van der Waals surface area contributed by atoms with Crippen molar-refractivity contribution in [2.75, 3.05) is 19.4 Å². The standard InChI is InChI=1S/C9H11ClN2O4S/c1-16-8(13)5-12-17(14,15)9-6(10)3-2-4-7(9)11/h2-4,12H,5,11H2,1H3. The Labute approximate surface area is 104 Å². The molecule has 0 aliphatic rings. The van der Waals surface area contributed by atoms with Crippen LogP contribution in [0.1, 0.15) is 0 Å². The molecule has 0 spiro atoms. The molecule has 0 saturated heterocycles. The van der Waals surface area contributed by atoms with Gasteiger partial charge in [-0.3, -0.25) is 4.79 Å². The van der Waals surface area contributed by atoms with Crippen LogP contribution < -0.4 is 10.5 Å². The molecule has 8 heteroatoms. The third-order valence-corrected chi connectivity index (χ3v) is 3.84. The van der Waals surface area contributed by atoms with Gasteiger partial charge in [0.2, 0.25) is 10.0 Å². The second kappa shape index (κ2) is 5.35. The number of ether oxygens (including phenoxy) is 1. The van der Waals surface area contributed by atoms with Crippen molar-refractivity contribution in [3.05, 3.63) is 23.2 Å². The molecule has 0 unspecified atom stereocenters. The summed E-state index contributed by atoms with van der Waals surface area (Å²) in [6.07, 6.45) is 0. The van der Waals surface area contributed by atoms with Crippen LogP contribution in [0.15, 0.2) is 23.1 Å². The quantitative estimate of drug-likeness (QED) is 0.612. The van der Waals surface area contributed by atoms with Crippen LogP contribution in [0.5, 0.6) is 0 Å². The summed E-state index contributed by atoms with van der Waals surface area (Å²) in [5, 5.41) is -0.0117. The van der Waals surface area contributed by atoms with Crippen molar-refractivity contribution < 1.29 is 17.9 Å². The van der Waals surface area contributed by atoms with Crippen molar-refractivity contribution in [1.82, 2.24) is 4.72 Å². The molecule has 0 fully saturated rings. The highest BCUT2D eigenvalue weighted by Crippen LogP contribution is 2.26. The summed E-state index contributed by atoms with van der Waals surface area (Å²) >= 11 is 5.75. The Morgan fingerprint density at radius 2 is 2.18 bits per heavy atom. The molecule has 3 N–H and O–H groups in total. The molecule has 6 nitrogen and oxygen atoms in total. The van der Waals surface area contributed by atoms with E-state index < -0.39 is 22.5 Å². The maximum Gasteiger partial charge on any atom is 0.320 e. The van der Waals surface area contributed by atoms with Crippen LogP contribution in [0.25, 0.3) is 0 Å². The van der Waals surface area contributed by atoms with E-state index in [4.69, 9.17) is 17.3 Å². The molecule has 1 aromatic rings. The van der Waals surface area contributed by atoms with Gasteiger partial charge in [-0.25, -0.2) is 8.42 Å². The molecular formula is C9H11ClN2O4S. The zero-order chi connectivity index (χ0) is 13.1. The van der Waals surface area contributed by atoms with Gasteiger partial charge >= 0.3 is 5.97 Å². The van der Waals surface area contributed by atoms with Gasteiger partial charge in [-0.05, 0) is 12.1 Å². The first-order valence-corrected chi connectivity index (χ1v) is 6.35. The molecule has 0 bridgehead atoms. The lowest BCUT2D eigenvalue weighted by atomic mass is 10.3. The molecule has 1 aromatic carbocycles. The number of rotatable bonds is 4. The van der Waals surface area contributed by atoms with Crippen molar-refractivity contribution in [3.63, 3.8) is 0 Å². The Balaban J connectivity index is 3.02. The molecule has 0 saturated carbocycles. The van der Waals surface area contributed by atoms with Gasteiger partial charge in [0, 0.05) is 0 Å². The summed E-state index contributed by atoms with van der Waals surface area (Å²) in [5.41, 5.74) is 5.54. The first-order valence-electron chi connectivity index (χ1n) is 4.49. The highest BCUT2D eigenvalue weighted by molar-refractivity contribution is 7.89. The Morgan fingerprint density at radius 1 is 1.53 bits per heavy atom. The van der Waals surface area contributed by atoms with Crippen LogP contribution >= 0.6 is 11.6 Å². The predicted octanol–water partition coefficient (Wildman–Crippen LogP) is 0.374. The minimum absolute atomic E-state index is 0.00914. The third-order valence-electron chi connectivity index (χ3n) is 1.90. The number of esters is 1. The molecular weight excluding hydrogens is 268 g/mol. The fraction of sp³-hybridized carbons (Fsp3) is 0.222. The molecule has 0 amide bonds. The summed E-state index contributed by atoms with van der Waals surface area (Å²) in [6.45, 7) is -0.483. The maximum atomic E-state index is 11.8. The Morgan fingerprint density at radius 3 is 2.71 bits per heavy atom. The monoisotopic (exact) mass is 278 g/mol. The molecule has 0 aromatic heterocycles. The number of carbonyl (C=O) groups excluding carboxylic acids is 1. The highest BCUT2D eigenvalue weighted by Gasteiger charge is 2.21. The van der Waals surface area contributed by atoms with Crippen LogP contribution in [0.3, 0.4) is 0 Å². The number of hydrogen-bond donors (Lipinski definition) is 2. The first kappa shape index (κ1) is 13.8. The summed E-state index contributed by atoms with van der Waals surface area (Å²) in [5.74, 6) is -0.709. The number of hydrogen-bond acceptors (Lipinski definition) is 5. The normalized spacial score (nSPS) is 11.2. The van der Waals surface area contributed by atoms with Gasteiger partial charge in [-0.2, -0.15) is 4.72 Å². The van der Waals surface area contributed by atoms with E-state index in [0.717, 1.165) is 7.11 Å². The van der Waals surface area contributed by atoms with Gasteiger partial charge in [0.1, 0.15) is 11.4 Å². The summed E-state index contributed by atoms with van der Waals surface area (Å²) in [6, 6.07) is 4.32.